The number of hydrogen-bond donors (Lipinski definition) is 5. The van der Waals surface area contributed by atoms with Gasteiger partial charge in [0.2, 0.25) is 0 Å². The van der Waals surface area contributed by atoms with Crippen LogP contribution in [-0.2, 0) is 0 Å². The third kappa shape index (κ3) is 6.89. The van der Waals surface area contributed by atoms with Gasteiger partial charge in [-0.15, -0.1) is 0 Å². The molecule has 1 saturated carbocycles. The van der Waals surface area contributed by atoms with E-state index in [0.29, 0.717) is 18.0 Å². The van der Waals surface area contributed by atoms with E-state index in [9.17, 15) is 4.79 Å². The van der Waals surface area contributed by atoms with E-state index < -0.39 is 0 Å². The van der Waals surface area contributed by atoms with Crippen LogP contribution in [0.15, 0.2) is 0 Å². The molecule has 6 unspecified atom stereocenters. The maximum atomic E-state index is 12.4. The summed E-state index contributed by atoms with van der Waals surface area (Å²) in [6.45, 7) is 7.89. The van der Waals surface area contributed by atoms with Crippen LogP contribution in [0.3, 0.4) is 0 Å². The number of hydrogen-bond acceptors (Lipinski definition) is 5. The van der Waals surface area contributed by atoms with Crippen LogP contribution in [0, 0.1) is 11.8 Å². The van der Waals surface area contributed by atoms with E-state index in [1.807, 2.05) is 0 Å². The molecule has 27 heavy (non-hydrogen) atoms. The van der Waals surface area contributed by atoms with Gasteiger partial charge in [-0.25, -0.2) is 4.79 Å². The quantitative estimate of drug-likeness (QED) is 0.498. The summed E-state index contributed by atoms with van der Waals surface area (Å²) in [5.41, 5.74) is 0. The first-order valence-corrected chi connectivity index (χ1v) is 11.0. The van der Waals surface area contributed by atoms with Gasteiger partial charge < -0.3 is 20.9 Å². The Morgan fingerprint density at radius 3 is 2.70 bits per heavy atom. The first-order chi connectivity index (χ1) is 13.0. The Hall–Kier alpha value is -0.890. The molecule has 0 aromatic carbocycles. The van der Waals surface area contributed by atoms with E-state index in [-0.39, 0.29) is 18.5 Å². The van der Waals surface area contributed by atoms with Gasteiger partial charge in [0.1, 0.15) is 6.29 Å². The molecule has 5 N–H and O–H groups in total. The fourth-order valence-electron chi connectivity index (χ4n) is 4.92. The molecule has 1 aliphatic carbocycles. The van der Waals surface area contributed by atoms with Gasteiger partial charge in [0, 0.05) is 25.2 Å². The Labute approximate surface area is 164 Å². The van der Waals surface area contributed by atoms with Crippen LogP contribution in [0.25, 0.3) is 0 Å². The van der Waals surface area contributed by atoms with Gasteiger partial charge in [-0.3, -0.25) is 10.6 Å². The number of rotatable bonds is 5. The van der Waals surface area contributed by atoms with Crippen LogP contribution in [0.5, 0.6) is 0 Å². The van der Waals surface area contributed by atoms with Crippen molar-refractivity contribution in [2.75, 3.05) is 26.7 Å². The Kier molecular flexibility index (Phi) is 7.75. The van der Waals surface area contributed by atoms with Crippen LogP contribution < -0.4 is 26.6 Å². The van der Waals surface area contributed by atoms with Crippen molar-refractivity contribution >= 4 is 6.03 Å². The normalized spacial score (nSPS) is 38.3. The van der Waals surface area contributed by atoms with Gasteiger partial charge in [-0.2, -0.15) is 0 Å². The zero-order chi connectivity index (χ0) is 19.2. The molecule has 6 atom stereocenters. The molecule has 156 valence electrons. The summed E-state index contributed by atoms with van der Waals surface area (Å²) in [6, 6.07) is 0.602. The van der Waals surface area contributed by atoms with Gasteiger partial charge >= 0.3 is 6.03 Å². The standard InChI is InChI=1S/C20H40N6O/c1-14-6-4-8-17(10-14)23-20(27)25-19-22-15(2)11-18(24-19)21-12-16-7-5-9-26(3)13-16/h14-19,21-22,24H,4-13H2,1-3H3,(H2,23,25,27). The zero-order valence-electron chi connectivity index (χ0n) is 17.4. The summed E-state index contributed by atoms with van der Waals surface area (Å²) in [4.78, 5) is 14.8. The second kappa shape index (κ2) is 10.0. The Bertz CT molecular complexity index is 475. The van der Waals surface area contributed by atoms with Crippen molar-refractivity contribution < 1.29 is 4.79 Å². The Morgan fingerprint density at radius 2 is 1.93 bits per heavy atom. The van der Waals surface area contributed by atoms with Gasteiger partial charge in [-0.1, -0.05) is 19.8 Å². The number of likely N-dealkylation sites (tertiary alicyclic amines) is 1. The lowest BCUT2D eigenvalue weighted by molar-refractivity contribution is 0.165. The van der Waals surface area contributed by atoms with E-state index in [4.69, 9.17) is 0 Å². The number of carbonyl (C=O) groups is 1. The molecule has 0 radical (unpaired) electrons. The lowest BCUT2D eigenvalue weighted by Gasteiger charge is -2.38. The second-order valence-corrected chi connectivity index (χ2v) is 9.22. The minimum absolute atomic E-state index is 0.0687. The van der Waals surface area contributed by atoms with Crippen LogP contribution in [0.1, 0.15) is 58.8 Å². The highest BCUT2D eigenvalue weighted by atomic mass is 16.2. The van der Waals surface area contributed by atoms with Crippen LogP contribution in [0.4, 0.5) is 4.79 Å². The molecule has 2 amide bonds. The molecule has 2 saturated heterocycles. The summed E-state index contributed by atoms with van der Waals surface area (Å²) in [7, 11) is 2.21. The lowest BCUT2D eigenvalue weighted by Crippen LogP contribution is -2.68. The molecule has 2 aliphatic heterocycles. The number of nitrogens with zero attached hydrogens (tertiary/aromatic N) is 1. The van der Waals surface area contributed by atoms with Crippen molar-refractivity contribution in [3.8, 4) is 0 Å². The molecule has 2 heterocycles. The van der Waals surface area contributed by atoms with Crippen LogP contribution in [-0.4, -0.2) is 62.2 Å². The maximum Gasteiger partial charge on any atom is 0.317 e. The van der Waals surface area contributed by atoms with Crippen molar-refractivity contribution in [3.05, 3.63) is 0 Å². The summed E-state index contributed by atoms with van der Waals surface area (Å²) in [5.74, 6) is 1.43. The van der Waals surface area contributed by atoms with E-state index in [1.165, 1.54) is 38.8 Å². The SMILES string of the molecule is CC1CCCC(NC(=O)NC2NC(C)CC(NCC3CCCN(C)C3)N2)C1. The highest BCUT2D eigenvalue weighted by molar-refractivity contribution is 5.74. The van der Waals surface area contributed by atoms with Crippen LogP contribution >= 0.6 is 0 Å². The maximum absolute atomic E-state index is 12.4. The molecule has 3 rings (SSSR count). The smallest absolute Gasteiger partial charge is 0.317 e. The van der Waals surface area contributed by atoms with E-state index >= 15 is 0 Å². The first-order valence-electron chi connectivity index (χ1n) is 11.0. The molecule has 3 aliphatic rings. The monoisotopic (exact) mass is 380 g/mol. The predicted molar refractivity (Wildman–Crippen MR) is 109 cm³/mol. The predicted octanol–water partition coefficient (Wildman–Crippen LogP) is 1.38. The first kappa shape index (κ1) is 20.8. The van der Waals surface area contributed by atoms with Gasteiger partial charge in [0.15, 0.2) is 0 Å². The van der Waals surface area contributed by atoms with Crippen molar-refractivity contribution in [2.24, 2.45) is 11.8 Å². The Morgan fingerprint density at radius 1 is 1.07 bits per heavy atom. The van der Waals surface area contributed by atoms with Crippen molar-refractivity contribution in [3.63, 3.8) is 0 Å². The van der Waals surface area contributed by atoms with Crippen molar-refractivity contribution in [1.29, 1.82) is 0 Å². The van der Waals surface area contributed by atoms with Crippen LogP contribution in [0.2, 0.25) is 0 Å². The van der Waals surface area contributed by atoms with Crippen molar-refractivity contribution in [1.82, 2.24) is 31.5 Å². The lowest BCUT2D eigenvalue weighted by atomic mass is 9.87. The fourth-order valence-corrected chi connectivity index (χ4v) is 4.92. The number of carbonyl (C=O) groups excluding carboxylic acids is 1. The number of urea groups is 1. The highest BCUT2D eigenvalue weighted by Gasteiger charge is 2.28. The molecular formula is C20H40N6O. The molecule has 7 heteroatoms. The van der Waals surface area contributed by atoms with Gasteiger partial charge in [-0.05, 0) is 64.5 Å². The second-order valence-electron chi connectivity index (χ2n) is 9.22. The molecule has 0 spiro atoms. The summed E-state index contributed by atoms with van der Waals surface area (Å²) >= 11 is 0. The summed E-state index contributed by atoms with van der Waals surface area (Å²) in [5, 5.41) is 16.8. The minimum atomic E-state index is -0.193. The topological polar surface area (TPSA) is 80.5 Å². The molecular weight excluding hydrogens is 340 g/mol. The summed E-state index contributed by atoms with van der Waals surface area (Å²) in [6.07, 6.45) is 8.34. The average Bonchev–Trinajstić information content (AvgIpc) is 2.59. The van der Waals surface area contributed by atoms with Gasteiger partial charge in [0.05, 0.1) is 6.17 Å². The number of amides is 2. The van der Waals surface area contributed by atoms with E-state index in [1.54, 1.807) is 0 Å². The molecule has 7 nitrogen and oxygen atoms in total. The highest BCUT2D eigenvalue weighted by Crippen LogP contribution is 2.23. The largest absolute Gasteiger partial charge is 0.335 e. The average molecular weight is 381 g/mol. The van der Waals surface area contributed by atoms with Gasteiger partial charge in [0.25, 0.3) is 0 Å². The number of piperidine rings is 1. The van der Waals surface area contributed by atoms with E-state index in [0.717, 1.165) is 31.7 Å². The minimum Gasteiger partial charge on any atom is -0.335 e. The molecule has 0 bridgehead atoms. The molecule has 0 aromatic rings. The number of nitrogens with one attached hydrogen (secondary N) is 5. The van der Waals surface area contributed by atoms with E-state index in [2.05, 4.69) is 52.4 Å². The molecule has 3 fully saturated rings. The summed E-state index contributed by atoms with van der Waals surface area (Å²) < 4.78 is 0. The fraction of sp³-hybridized carbons (Fsp3) is 0.950. The molecule has 0 aromatic heterocycles. The third-order valence-electron chi connectivity index (χ3n) is 6.33. The Balaban J connectivity index is 1.40. The third-order valence-corrected chi connectivity index (χ3v) is 6.33. The zero-order valence-corrected chi connectivity index (χ0v) is 17.4. The van der Waals surface area contributed by atoms with Crippen molar-refractivity contribution in [2.45, 2.75) is 83.3 Å².